The summed E-state index contributed by atoms with van der Waals surface area (Å²) in [5, 5.41) is 4.21. The Bertz CT molecular complexity index is 580. The Morgan fingerprint density at radius 3 is 1.62 bits per heavy atom. The van der Waals surface area contributed by atoms with Gasteiger partial charge in [-0.25, -0.2) is 0 Å². The number of hydrogen-bond acceptors (Lipinski definition) is 3. The quantitative estimate of drug-likeness (QED) is 0.578. The lowest BCUT2D eigenvalue weighted by Crippen LogP contribution is -2.55. The first-order valence-electron chi connectivity index (χ1n) is 11.0. The second-order valence-corrected chi connectivity index (χ2v) is 9.28. The molecular formula is C23H37N3. The molecule has 1 aromatic rings. The molecule has 0 spiro atoms. The van der Waals surface area contributed by atoms with E-state index in [1.54, 1.807) is 0 Å². The van der Waals surface area contributed by atoms with Crippen LogP contribution in [-0.4, -0.2) is 5.54 Å². The van der Waals surface area contributed by atoms with Crippen molar-refractivity contribution in [3.8, 4) is 0 Å². The van der Waals surface area contributed by atoms with Crippen molar-refractivity contribution in [2.24, 2.45) is 17.8 Å². The number of hydrogen-bond donors (Lipinski definition) is 3. The normalized spacial score (nSPS) is 23.1. The van der Waals surface area contributed by atoms with E-state index in [1.807, 2.05) is 6.07 Å². The van der Waals surface area contributed by atoms with Gasteiger partial charge in [-0.1, -0.05) is 38.5 Å². The van der Waals surface area contributed by atoms with Crippen LogP contribution < -0.4 is 16.8 Å². The second kappa shape index (κ2) is 7.32. The number of nitrogens with two attached hydrogens (primary N) is 2. The summed E-state index contributed by atoms with van der Waals surface area (Å²) in [6, 6.07) is 4.04. The molecule has 0 unspecified atom stereocenters. The first kappa shape index (κ1) is 18.0. The van der Waals surface area contributed by atoms with Gasteiger partial charge < -0.3 is 16.8 Å². The van der Waals surface area contributed by atoms with Gasteiger partial charge in [-0.15, -0.1) is 0 Å². The molecule has 3 fully saturated rings. The minimum Gasteiger partial charge on any atom is -0.399 e. The molecule has 3 aliphatic rings. The molecule has 5 N–H and O–H groups in total. The van der Waals surface area contributed by atoms with Crippen molar-refractivity contribution >= 4 is 17.1 Å². The average Bonchev–Trinajstić information content (AvgIpc) is 3.40. The van der Waals surface area contributed by atoms with E-state index in [9.17, 15) is 0 Å². The van der Waals surface area contributed by atoms with E-state index in [0.29, 0.717) is 0 Å². The molecule has 3 nitrogen and oxygen atoms in total. The molecule has 144 valence electrons. The molecule has 0 radical (unpaired) electrons. The van der Waals surface area contributed by atoms with Crippen LogP contribution in [0, 0.1) is 24.7 Å². The van der Waals surface area contributed by atoms with Crippen LogP contribution in [0.2, 0.25) is 0 Å². The molecule has 0 amide bonds. The van der Waals surface area contributed by atoms with Gasteiger partial charge in [0.05, 0.1) is 0 Å². The van der Waals surface area contributed by atoms with Crippen molar-refractivity contribution in [2.75, 3.05) is 16.8 Å². The van der Waals surface area contributed by atoms with Crippen molar-refractivity contribution in [1.82, 2.24) is 0 Å². The summed E-state index contributed by atoms with van der Waals surface area (Å²) in [6.07, 6.45) is 16.8. The minimum absolute atomic E-state index is 0.258. The van der Waals surface area contributed by atoms with Gasteiger partial charge in [-0.05, 0) is 80.9 Å². The average molecular weight is 356 g/mol. The Balaban J connectivity index is 1.78. The van der Waals surface area contributed by atoms with Gasteiger partial charge in [0.1, 0.15) is 0 Å². The van der Waals surface area contributed by atoms with Crippen LogP contribution in [0.5, 0.6) is 0 Å². The van der Waals surface area contributed by atoms with Gasteiger partial charge in [0.2, 0.25) is 0 Å². The summed E-state index contributed by atoms with van der Waals surface area (Å²) >= 11 is 0. The van der Waals surface area contributed by atoms with E-state index < -0.39 is 0 Å². The van der Waals surface area contributed by atoms with Crippen molar-refractivity contribution in [2.45, 2.75) is 89.5 Å². The van der Waals surface area contributed by atoms with Crippen LogP contribution >= 0.6 is 0 Å². The van der Waals surface area contributed by atoms with Gasteiger partial charge in [-0.3, -0.25) is 0 Å². The van der Waals surface area contributed by atoms with Gasteiger partial charge in [0, 0.05) is 22.6 Å². The number of nitrogen functional groups attached to an aromatic ring is 2. The Morgan fingerprint density at radius 2 is 1.19 bits per heavy atom. The lowest BCUT2D eigenvalue weighted by Gasteiger charge is -2.50. The molecule has 1 aromatic carbocycles. The molecule has 3 aliphatic carbocycles. The highest BCUT2D eigenvalue weighted by molar-refractivity contribution is 5.71. The fourth-order valence-corrected chi connectivity index (χ4v) is 6.64. The summed E-state index contributed by atoms with van der Waals surface area (Å²) in [5.74, 6) is 2.45. The van der Waals surface area contributed by atoms with Gasteiger partial charge in [0.25, 0.3) is 0 Å². The summed E-state index contributed by atoms with van der Waals surface area (Å²) in [6.45, 7) is 2.15. The largest absolute Gasteiger partial charge is 0.399 e. The smallest absolute Gasteiger partial charge is 0.0458 e. The molecule has 26 heavy (non-hydrogen) atoms. The zero-order valence-electron chi connectivity index (χ0n) is 16.5. The van der Waals surface area contributed by atoms with Crippen LogP contribution in [0.4, 0.5) is 17.1 Å². The van der Waals surface area contributed by atoms with E-state index in [-0.39, 0.29) is 5.54 Å². The van der Waals surface area contributed by atoms with Crippen molar-refractivity contribution in [1.29, 1.82) is 0 Å². The van der Waals surface area contributed by atoms with Crippen LogP contribution in [0.3, 0.4) is 0 Å². The van der Waals surface area contributed by atoms with Crippen LogP contribution in [0.25, 0.3) is 0 Å². The maximum absolute atomic E-state index is 6.28. The number of benzene rings is 1. The van der Waals surface area contributed by atoms with Crippen LogP contribution in [-0.2, 0) is 0 Å². The lowest BCUT2D eigenvalue weighted by atomic mass is 9.63. The van der Waals surface area contributed by atoms with E-state index >= 15 is 0 Å². The highest BCUT2D eigenvalue weighted by Gasteiger charge is 2.52. The highest BCUT2D eigenvalue weighted by Crippen LogP contribution is 2.54. The van der Waals surface area contributed by atoms with Crippen molar-refractivity contribution in [3.63, 3.8) is 0 Å². The summed E-state index contributed by atoms with van der Waals surface area (Å²) < 4.78 is 0. The van der Waals surface area contributed by atoms with Crippen LogP contribution in [0.1, 0.15) is 82.6 Å². The maximum Gasteiger partial charge on any atom is 0.0458 e. The standard InChI is InChI=1S/C23H37N3/c1-16-21(25)14-20(24)15-22(16)26-23(17-8-2-3-9-17,18-10-4-5-11-18)19-12-6-7-13-19/h14-15,17-19,26H,2-13,24-25H2,1H3. The van der Waals surface area contributed by atoms with Crippen molar-refractivity contribution in [3.05, 3.63) is 17.7 Å². The molecule has 0 aliphatic heterocycles. The van der Waals surface area contributed by atoms with Crippen LogP contribution in [0.15, 0.2) is 12.1 Å². The maximum atomic E-state index is 6.28. The molecule has 0 bridgehead atoms. The summed E-state index contributed by atoms with van der Waals surface area (Å²) in [5.41, 5.74) is 16.7. The molecular weight excluding hydrogens is 318 g/mol. The molecule has 3 saturated carbocycles. The zero-order chi connectivity index (χ0) is 18.1. The number of nitrogens with one attached hydrogen (secondary N) is 1. The number of rotatable bonds is 5. The monoisotopic (exact) mass is 355 g/mol. The third kappa shape index (κ3) is 3.08. The Labute approximate surface area is 159 Å². The predicted molar refractivity (Wildman–Crippen MR) is 112 cm³/mol. The topological polar surface area (TPSA) is 64.1 Å². The third-order valence-corrected chi connectivity index (χ3v) is 7.91. The first-order valence-corrected chi connectivity index (χ1v) is 11.0. The van der Waals surface area contributed by atoms with Gasteiger partial charge >= 0.3 is 0 Å². The van der Waals surface area contributed by atoms with E-state index in [4.69, 9.17) is 11.5 Å². The molecule has 0 atom stereocenters. The lowest BCUT2D eigenvalue weighted by molar-refractivity contribution is 0.125. The molecule has 3 heteroatoms. The number of anilines is 3. The second-order valence-electron chi connectivity index (χ2n) is 9.28. The van der Waals surface area contributed by atoms with E-state index in [0.717, 1.165) is 29.1 Å². The highest BCUT2D eigenvalue weighted by atomic mass is 15.0. The van der Waals surface area contributed by atoms with Crippen molar-refractivity contribution < 1.29 is 0 Å². The molecule has 0 aromatic heterocycles. The van der Waals surface area contributed by atoms with Gasteiger partial charge in [0.15, 0.2) is 0 Å². The van der Waals surface area contributed by atoms with E-state index in [2.05, 4.69) is 18.3 Å². The Morgan fingerprint density at radius 1 is 0.769 bits per heavy atom. The molecule has 0 saturated heterocycles. The third-order valence-electron chi connectivity index (χ3n) is 7.91. The summed E-state index contributed by atoms with van der Waals surface area (Å²) in [4.78, 5) is 0. The molecule has 4 rings (SSSR count). The summed E-state index contributed by atoms with van der Waals surface area (Å²) in [7, 11) is 0. The Kier molecular flexibility index (Phi) is 5.07. The Hall–Kier alpha value is -1.38. The van der Waals surface area contributed by atoms with E-state index in [1.165, 1.54) is 88.3 Å². The molecule has 0 heterocycles. The minimum atomic E-state index is 0.258. The first-order chi connectivity index (χ1) is 12.6. The zero-order valence-corrected chi connectivity index (χ0v) is 16.5. The van der Waals surface area contributed by atoms with Gasteiger partial charge in [-0.2, -0.15) is 0 Å². The SMILES string of the molecule is Cc1c(N)cc(N)cc1NC(C1CCCC1)(C1CCCC1)C1CCCC1. The fraction of sp³-hybridized carbons (Fsp3) is 0.739. The predicted octanol–water partition coefficient (Wildman–Crippen LogP) is 5.88. The fourth-order valence-electron chi connectivity index (χ4n) is 6.64.